The van der Waals surface area contributed by atoms with Gasteiger partial charge in [-0.25, -0.2) is 4.39 Å². The fourth-order valence-corrected chi connectivity index (χ4v) is 8.55. The Kier molecular flexibility index (Phi) is 4.31. The van der Waals surface area contributed by atoms with E-state index in [0.29, 0.717) is 21.6 Å². The molecule has 2 nitrogen and oxygen atoms in total. The van der Waals surface area contributed by atoms with Crippen LogP contribution < -0.4 is 5.32 Å². The summed E-state index contributed by atoms with van der Waals surface area (Å²) in [4.78, 5) is 12.6. The monoisotopic (exact) mass is 371 g/mol. The minimum absolute atomic E-state index is 0.0456. The summed E-state index contributed by atoms with van der Waals surface area (Å²) in [5.41, 5.74) is 0.582. The van der Waals surface area contributed by atoms with E-state index in [1.165, 1.54) is 36.5 Å². The van der Waals surface area contributed by atoms with Gasteiger partial charge in [0.25, 0.3) is 0 Å². The molecule has 2 atom stereocenters. The molecule has 0 aromatic heterocycles. The maximum Gasteiger partial charge on any atom is 0.227 e. The van der Waals surface area contributed by atoms with E-state index in [1.54, 1.807) is 6.07 Å². The standard InChI is InChI=1S/C17H19ClFNOS2/c18-14-9-13(3-4-15(14)19)20-16(21)10-7-11-1-2-12(8-10)17(11)22-5-6-23-17/h3-4,9-12H,1-2,5-8H2,(H,20,21). The number of thioether (sulfide) groups is 2. The molecule has 2 unspecified atom stereocenters. The van der Waals surface area contributed by atoms with Crippen molar-refractivity contribution in [1.29, 1.82) is 0 Å². The van der Waals surface area contributed by atoms with E-state index < -0.39 is 5.82 Å². The zero-order chi connectivity index (χ0) is 16.0. The van der Waals surface area contributed by atoms with Crippen molar-refractivity contribution in [2.45, 2.75) is 29.8 Å². The molecule has 6 heteroatoms. The topological polar surface area (TPSA) is 29.1 Å². The van der Waals surface area contributed by atoms with Gasteiger partial charge in [-0.2, -0.15) is 0 Å². The van der Waals surface area contributed by atoms with Gasteiger partial charge in [-0.3, -0.25) is 4.79 Å². The first kappa shape index (κ1) is 16.1. The van der Waals surface area contributed by atoms with Gasteiger partial charge in [0.1, 0.15) is 5.82 Å². The Morgan fingerprint density at radius 3 is 2.48 bits per heavy atom. The second-order valence-electron chi connectivity index (χ2n) is 6.68. The molecule has 1 saturated heterocycles. The fourth-order valence-electron chi connectivity index (χ4n) is 4.43. The van der Waals surface area contributed by atoms with Crippen molar-refractivity contribution in [2.75, 3.05) is 16.8 Å². The molecule has 1 aromatic carbocycles. The van der Waals surface area contributed by atoms with Gasteiger partial charge in [-0.1, -0.05) is 11.6 Å². The van der Waals surface area contributed by atoms with Crippen molar-refractivity contribution in [3.63, 3.8) is 0 Å². The first-order valence-corrected chi connectivity index (χ1v) is 10.5. The van der Waals surface area contributed by atoms with Crippen molar-refractivity contribution >= 4 is 46.7 Å². The molecule has 124 valence electrons. The Balaban J connectivity index is 1.45. The van der Waals surface area contributed by atoms with Gasteiger partial charge in [-0.15, -0.1) is 23.5 Å². The summed E-state index contributed by atoms with van der Waals surface area (Å²) >= 11 is 10.1. The number of halogens is 2. The minimum Gasteiger partial charge on any atom is -0.326 e. The number of hydrogen-bond acceptors (Lipinski definition) is 3. The molecule has 1 amide bonds. The molecule has 2 aliphatic carbocycles. The second kappa shape index (κ2) is 6.16. The van der Waals surface area contributed by atoms with Crippen LogP contribution in [0.4, 0.5) is 10.1 Å². The number of nitrogens with one attached hydrogen (secondary N) is 1. The summed E-state index contributed by atoms with van der Waals surface area (Å²) in [7, 11) is 0. The lowest BCUT2D eigenvalue weighted by atomic mass is 9.79. The SMILES string of the molecule is O=C(Nc1ccc(F)c(Cl)c1)C1CC2CCC(C1)C21SCCS1. The van der Waals surface area contributed by atoms with E-state index in [2.05, 4.69) is 28.8 Å². The van der Waals surface area contributed by atoms with E-state index in [4.69, 9.17) is 11.6 Å². The summed E-state index contributed by atoms with van der Waals surface area (Å²) < 4.78 is 13.6. The van der Waals surface area contributed by atoms with E-state index in [9.17, 15) is 9.18 Å². The van der Waals surface area contributed by atoms with E-state index in [1.807, 2.05) is 0 Å². The number of carbonyl (C=O) groups excluding carboxylic acids is 1. The highest BCUT2D eigenvalue weighted by Gasteiger charge is 2.57. The number of amides is 1. The number of hydrogen-bond donors (Lipinski definition) is 1. The highest BCUT2D eigenvalue weighted by Crippen LogP contribution is 2.65. The lowest BCUT2D eigenvalue weighted by Gasteiger charge is -2.42. The van der Waals surface area contributed by atoms with Crippen LogP contribution in [-0.4, -0.2) is 21.5 Å². The molecular formula is C17H19ClFNOS2. The van der Waals surface area contributed by atoms with Gasteiger partial charge in [0.05, 0.1) is 9.10 Å². The van der Waals surface area contributed by atoms with Crippen molar-refractivity contribution in [1.82, 2.24) is 0 Å². The average Bonchev–Trinajstić information content (AvgIpc) is 3.06. The molecule has 1 aromatic rings. The third kappa shape index (κ3) is 2.79. The molecule has 0 radical (unpaired) electrons. The maximum absolute atomic E-state index is 13.2. The molecule has 23 heavy (non-hydrogen) atoms. The van der Waals surface area contributed by atoms with Crippen LogP contribution in [0.3, 0.4) is 0 Å². The molecule has 1 N–H and O–H groups in total. The quantitative estimate of drug-likeness (QED) is 0.790. The first-order chi connectivity index (χ1) is 11.1. The van der Waals surface area contributed by atoms with Crippen LogP contribution in [0.5, 0.6) is 0 Å². The van der Waals surface area contributed by atoms with Crippen LogP contribution in [0.15, 0.2) is 18.2 Å². The van der Waals surface area contributed by atoms with Gasteiger partial charge in [0.15, 0.2) is 0 Å². The average molecular weight is 372 g/mol. The summed E-state index contributed by atoms with van der Waals surface area (Å²) in [6, 6.07) is 4.35. The number of rotatable bonds is 2. The molecule has 3 fully saturated rings. The van der Waals surface area contributed by atoms with Crippen molar-refractivity contribution in [2.24, 2.45) is 17.8 Å². The fraction of sp³-hybridized carbons (Fsp3) is 0.588. The van der Waals surface area contributed by atoms with Gasteiger partial charge in [0.2, 0.25) is 5.91 Å². The predicted molar refractivity (Wildman–Crippen MR) is 96.6 cm³/mol. The Morgan fingerprint density at radius 1 is 1.22 bits per heavy atom. The Labute approximate surface area is 149 Å². The minimum atomic E-state index is -0.461. The van der Waals surface area contributed by atoms with Gasteiger partial charge in [-0.05, 0) is 55.7 Å². The Morgan fingerprint density at radius 2 is 1.87 bits per heavy atom. The molecule has 1 aliphatic heterocycles. The van der Waals surface area contributed by atoms with Crippen LogP contribution in [0.1, 0.15) is 25.7 Å². The Hall–Kier alpha value is -0.390. The normalized spacial score (nSPS) is 31.5. The van der Waals surface area contributed by atoms with Gasteiger partial charge >= 0.3 is 0 Å². The highest BCUT2D eigenvalue weighted by molar-refractivity contribution is 8.21. The van der Waals surface area contributed by atoms with E-state index in [0.717, 1.165) is 12.8 Å². The van der Waals surface area contributed by atoms with Crippen molar-refractivity contribution in [3.8, 4) is 0 Å². The predicted octanol–water partition coefficient (Wildman–Crippen LogP) is 5.03. The van der Waals surface area contributed by atoms with Gasteiger partial charge in [0, 0.05) is 23.1 Å². The van der Waals surface area contributed by atoms with Crippen LogP contribution in [-0.2, 0) is 4.79 Å². The third-order valence-corrected chi connectivity index (χ3v) is 9.74. The molecule has 3 aliphatic rings. The van der Waals surface area contributed by atoms with Crippen LogP contribution in [0.25, 0.3) is 0 Å². The van der Waals surface area contributed by atoms with Gasteiger partial charge < -0.3 is 5.32 Å². The molecule has 1 spiro atoms. The Bertz CT molecular complexity index is 619. The largest absolute Gasteiger partial charge is 0.326 e. The summed E-state index contributed by atoms with van der Waals surface area (Å²) in [5.74, 6) is 3.50. The van der Waals surface area contributed by atoms with Crippen LogP contribution in [0, 0.1) is 23.6 Å². The number of benzene rings is 1. The lowest BCUT2D eigenvalue weighted by molar-refractivity contribution is -0.121. The highest BCUT2D eigenvalue weighted by atomic mass is 35.5. The molecular weight excluding hydrogens is 353 g/mol. The van der Waals surface area contributed by atoms with Crippen LogP contribution >= 0.6 is 35.1 Å². The summed E-state index contributed by atoms with van der Waals surface area (Å²) in [6.07, 6.45) is 4.49. The van der Waals surface area contributed by atoms with Crippen LogP contribution in [0.2, 0.25) is 5.02 Å². The molecule has 4 rings (SSSR count). The zero-order valence-corrected chi connectivity index (χ0v) is 15.1. The van der Waals surface area contributed by atoms with Crippen molar-refractivity contribution in [3.05, 3.63) is 29.0 Å². The number of carbonyl (C=O) groups is 1. The second-order valence-corrected chi connectivity index (χ2v) is 10.1. The molecule has 2 bridgehead atoms. The number of anilines is 1. The lowest BCUT2D eigenvalue weighted by Crippen LogP contribution is -2.41. The zero-order valence-electron chi connectivity index (χ0n) is 12.7. The summed E-state index contributed by atoms with van der Waals surface area (Å²) in [6.45, 7) is 0. The molecule has 1 heterocycles. The van der Waals surface area contributed by atoms with E-state index in [-0.39, 0.29) is 16.8 Å². The summed E-state index contributed by atoms with van der Waals surface area (Å²) in [5, 5.41) is 2.97. The van der Waals surface area contributed by atoms with E-state index >= 15 is 0 Å². The van der Waals surface area contributed by atoms with Crippen molar-refractivity contribution < 1.29 is 9.18 Å². The maximum atomic E-state index is 13.2. The molecule has 2 saturated carbocycles. The first-order valence-electron chi connectivity index (χ1n) is 8.12. The third-order valence-electron chi connectivity index (χ3n) is 5.44. The smallest absolute Gasteiger partial charge is 0.227 e.